The second-order valence-electron chi connectivity index (χ2n) is 6.72. The SMILES string of the molecule is CCCCCCCCCCCC(C)Oc1ccc(O)c(C(F)(F)F)c1. The minimum Gasteiger partial charge on any atom is -0.507 e. The molecule has 25 heavy (non-hydrogen) atoms. The topological polar surface area (TPSA) is 29.5 Å². The van der Waals surface area contributed by atoms with E-state index in [4.69, 9.17) is 4.74 Å². The molecule has 0 heterocycles. The number of ether oxygens (including phenoxy) is 1. The number of unbranched alkanes of at least 4 members (excludes halogenated alkanes) is 8. The molecule has 0 aliphatic carbocycles. The van der Waals surface area contributed by atoms with Gasteiger partial charge in [0.1, 0.15) is 17.1 Å². The summed E-state index contributed by atoms with van der Waals surface area (Å²) in [5.74, 6) is -0.625. The number of hydrogen-bond donors (Lipinski definition) is 1. The Morgan fingerprint density at radius 3 is 2.08 bits per heavy atom. The number of hydrogen-bond acceptors (Lipinski definition) is 2. The van der Waals surface area contributed by atoms with Crippen molar-refractivity contribution >= 4 is 0 Å². The summed E-state index contributed by atoms with van der Waals surface area (Å²) in [5, 5.41) is 9.32. The van der Waals surface area contributed by atoms with Crippen molar-refractivity contribution in [3.8, 4) is 11.5 Å². The van der Waals surface area contributed by atoms with Crippen LogP contribution in [-0.2, 0) is 6.18 Å². The van der Waals surface area contributed by atoms with E-state index in [-0.39, 0.29) is 11.9 Å². The van der Waals surface area contributed by atoms with E-state index in [2.05, 4.69) is 6.92 Å². The van der Waals surface area contributed by atoms with Gasteiger partial charge in [-0.3, -0.25) is 0 Å². The molecule has 0 aromatic heterocycles. The van der Waals surface area contributed by atoms with Gasteiger partial charge in [0.15, 0.2) is 0 Å². The van der Waals surface area contributed by atoms with Crippen LogP contribution in [0.4, 0.5) is 13.2 Å². The summed E-state index contributed by atoms with van der Waals surface area (Å²) in [6, 6.07) is 3.27. The lowest BCUT2D eigenvalue weighted by Crippen LogP contribution is -2.12. The predicted octanol–water partition coefficient (Wildman–Crippen LogP) is 7.10. The fraction of sp³-hybridized carbons (Fsp3) is 0.700. The van der Waals surface area contributed by atoms with Gasteiger partial charge >= 0.3 is 6.18 Å². The van der Waals surface area contributed by atoms with E-state index >= 15 is 0 Å². The highest BCUT2D eigenvalue weighted by atomic mass is 19.4. The van der Waals surface area contributed by atoms with Crippen LogP contribution >= 0.6 is 0 Å². The summed E-state index contributed by atoms with van der Waals surface area (Å²) in [7, 11) is 0. The second-order valence-corrected chi connectivity index (χ2v) is 6.72. The molecular weight excluding hydrogens is 329 g/mol. The zero-order valence-corrected chi connectivity index (χ0v) is 15.4. The molecule has 0 radical (unpaired) electrons. The Balaban J connectivity index is 2.23. The first-order chi connectivity index (χ1) is 11.8. The predicted molar refractivity (Wildman–Crippen MR) is 95.0 cm³/mol. The number of aromatic hydroxyl groups is 1. The fourth-order valence-corrected chi connectivity index (χ4v) is 2.85. The van der Waals surface area contributed by atoms with Crippen molar-refractivity contribution in [1.82, 2.24) is 0 Å². The van der Waals surface area contributed by atoms with Gasteiger partial charge in [-0.15, -0.1) is 0 Å². The highest BCUT2D eigenvalue weighted by molar-refractivity contribution is 5.41. The molecule has 1 aromatic rings. The maximum Gasteiger partial charge on any atom is 0.420 e. The van der Waals surface area contributed by atoms with E-state index in [0.717, 1.165) is 31.4 Å². The Hall–Kier alpha value is -1.39. The van der Waals surface area contributed by atoms with Crippen molar-refractivity contribution in [2.75, 3.05) is 0 Å². The summed E-state index contributed by atoms with van der Waals surface area (Å²) in [6.07, 6.45) is 7.22. The minimum absolute atomic E-state index is 0.143. The molecule has 0 fully saturated rings. The number of phenols is 1. The van der Waals surface area contributed by atoms with Gasteiger partial charge in [-0.25, -0.2) is 0 Å². The fourth-order valence-electron chi connectivity index (χ4n) is 2.85. The lowest BCUT2D eigenvalue weighted by atomic mass is 10.1. The van der Waals surface area contributed by atoms with Gasteiger partial charge in [-0.2, -0.15) is 13.2 Å². The molecule has 1 unspecified atom stereocenters. The number of halogens is 3. The van der Waals surface area contributed by atoms with Crippen LogP contribution in [-0.4, -0.2) is 11.2 Å². The van der Waals surface area contributed by atoms with Gasteiger partial charge in [0.25, 0.3) is 0 Å². The maximum absolute atomic E-state index is 12.8. The molecule has 0 amide bonds. The summed E-state index contributed by atoms with van der Waals surface area (Å²) in [5.41, 5.74) is -1.06. The Morgan fingerprint density at radius 2 is 1.52 bits per heavy atom. The van der Waals surface area contributed by atoms with Crippen molar-refractivity contribution in [2.45, 2.75) is 90.3 Å². The van der Waals surface area contributed by atoms with Gasteiger partial charge in [-0.05, 0) is 38.0 Å². The molecule has 0 saturated carbocycles. The third kappa shape index (κ3) is 9.03. The average Bonchev–Trinajstić information content (AvgIpc) is 2.54. The largest absolute Gasteiger partial charge is 0.507 e. The van der Waals surface area contributed by atoms with Crippen molar-refractivity contribution in [3.05, 3.63) is 23.8 Å². The van der Waals surface area contributed by atoms with E-state index in [9.17, 15) is 18.3 Å². The highest BCUT2D eigenvalue weighted by Gasteiger charge is 2.34. The number of rotatable bonds is 12. The summed E-state index contributed by atoms with van der Waals surface area (Å²) < 4.78 is 43.9. The smallest absolute Gasteiger partial charge is 0.420 e. The molecule has 0 aliphatic heterocycles. The molecule has 1 N–H and O–H groups in total. The van der Waals surface area contributed by atoms with Crippen LogP contribution in [0.3, 0.4) is 0 Å². The zero-order valence-electron chi connectivity index (χ0n) is 15.4. The first-order valence-electron chi connectivity index (χ1n) is 9.41. The molecule has 1 atom stereocenters. The molecule has 2 nitrogen and oxygen atoms in total. The summed E-state index contributed by atoms with van der Waals surface area (Å²) in [6.45, 7) is 4.08. The van der Waals surface area contributed by atoms with E-state index in [1.165, 1.54) is 51.0 Å². The summed E-state index contributed by atoms with van der Waals surface area (Å²) in [4.78, 5) is 0. The Morgan fingerprint density at radius 1 is 0.960 bits per heavy atom. The van der Waals surface area contributed by atoms with Crippen molar-refractivity contribution in [2.24, 2.45) is 0 Å². The van der Waals surface area contributed by atoms with Gasteiger partial charge in [0.05, 0.1) is 6.10 Å². The quantitative estimate of drug-likeness (QED) is 0.403. The Bertz CT molecular complexity index is 486. The van der Waals surface area contributed by atoms with E-state index in [0.29, 0.717) is 0 Å². The molecule has 1 rings (SSSR count). The minimum atomic E-state index is -4.58. The standard InChI is InChI=1S/C20H31F3O2/c1-3-4-5-6-7-8-9-10-11-12-16(2)25-17-13-14-19(24)18(15-17)20(21,22)23/h13-16,24H,3-12H2,1-2H3. The number of phenolic OH excluding ortho intramolecular Hbond substituents is 1. The van der Waals surface area contributed by atoms with Crippen LogP contribution in [0, 0.1) is 0 Å². The number of alkyl halides is 3. The van der Waals surface area contributed by atoms with Crippen LogP contribution in [0.1, 0.15) is 83.6 Å². The van der Waals surface area contributed by atoms with Gasteiger partial charge in [0.2, 0.25) is 0 Å². The molecule has 0 saturated heterocycles. The van der Waals surface area contributed by atoms with Crippen molar-refractivity contribution in [1.29, 1.82) is 0 Å². The Kier molecular flexibility index (Phi) is 9.76. The maximum atomic E-state index is 12.8. The third-order valence-corrected chi connectivity index (χ3v) is 4.32. The van der Waals surface area contributed by atoms with Crippen LogP contribution < -0.4 is 4.74 Å². The third-order valence-electron chi connectivity index (χ3n) is 4.32. The first kappa shape index (κ1) is 21.7. The number of benzene rings is 1. The molecular formula is C20H31F3O2. The van der Waals surface area contributed by atoms with Crippen molar-refractivity contribution in [3.63, 3.8) is 0 Å². The van der Waals surface area contributed by atoms with Gasteiger partial charge < -0.3 is 9.84 Å². The van der Waals surface area contributed by atoms with Crippen LogP contribution in [0.25, 0.3) is 0 Å². The van der Waals surface area contributed by atoms with Gasteiger partial charge in [0, 0.05) is 0 Å². The highest BCUT2D eigenvalue weighted by Crippen LogP contribution is 2.37. The molecule has 0 bridgehead atoms. The zero-order chi connectivity index (χ0) is 18.7. The lowest BCUT2D eigenvalue weighted by molar-refractivity contribution is -0.138. The van der Waals surface area contributed by atoms with Crippen LogP contribution in [0.5, 0.6) is 11.5 Å². The van der Waals surface area contributed by atoms with Crippen molar-refractivity contribution < 1.29 is 23.0 Å². The van der Waals surface area contributed by atoms with E-state index < -0.39 is 17.5 Å². The van der Waals surface area contributed by atoms with Crippen LogP contribution in [0.15, 0.2) is 18.2 Å². The Labute approximate surface area is 149 Å². The molecule has 1 aromatic carbocycles. The first-order valence-corrected chi connectivity index (χ1v) is 9.41. The molecule has 144 valence electrons. The van der Waals surface area contributed by atoms with Crippen LogP contribution in [0.2, 0.25) is 0 Å². The van der Waals surface area contributed by atoms with E-state index in [1.54, 1.807) is 0 Å². The molecule has 5 heteroatoms. The van der Waals surface area contributed by atoms with Gasteiger partial charge in [-0.1, -0.05) is 58.3 Å². The summed E-state index contributed by atoms with van der Waals surface area (Å²) >= 11 is 0. The monoisotopic (exact) mass is 360 g/mol. The average molecular weight is 360 g/mol. The second kappa shape index (κ2) is 11.3. The normalized spacial score (nSPS) is 13.0. The lowest BCUT2D eigenvalue weighted by Gasteiger charge is -2.16. The molecule has 0 spiro atoms. The molecule has 0 aliphatic rings. The van der Waals surface area contributed by atoms with E-state index in [1.807, 2.05) is 6.92 Å².